The highest BCUT2D eigenvalue weighted by Crippen LogP contribution is 2.20. The van der Waals surface area contributed by atoms with Gasteiger partial charge < -0.3 is 14.9 Å². The number of amides is 1. The molecule has 0 atom stereocenters. The normalized spacial score (nSPS) is 11.1. The standard InChI is InChI=1S/C17H18N2O4/c1-11-3-5-16(6-4-11)23-10-17(22)19-18-12(2)13-7-14(20)9-15(21)8-13/h3-9,20-21H,10H2,1-2H3,(H,19,22)/b18-12+. The molecular formula is C17H18N2O4. The number of carbonyl (C=O) groups excluding carboxylic acids is 1. The highest BCUT2D eigenvalue weighted by molar-refractivity contribution is 5.99. The first-order valence-corrected chi connectivity index (χ1v) is 7.00. The topological polar surface area (TPSA) is 91.2 Å². The van der Waals surface area contributed by atoms with Gasteiger partial charge in [0.05, 0.1) is 5.71 Å². The first-order valence-electron chi connectivity index (χ1n) is 7.00. The quantitative estimate of drug-likeness (QED) is 0.583. The lowest BCUT2D eigenvalue weighted by molar-refractivity contribution is -0.123. The number of rotatable bonds is 5. The number of hydrazone groups is 1. The van der Waals surface area contributed by atoms with Gasteiger partial charge in [0.15, 0.2) is 6.61 Å². The van der Waals surface area contributed by atoms with Gasteiger partial charge in [-0.15, -0.1) is 0 Å². The summed E-state index contributed by atoms with van der Waals surface area (Å²) in [6.07, 6.45) is 0. The van der Waals surface area contributed by atoms with Crippen molar-refractivity contribution >= 4 is 11.6 Å². The molecule has 2 aromatic rings. The van der Waals surface area contributed by atoms with E-state index in [0.717, 1.165) is 5.56 Å². The van der Waals surface area contributed by atoms with Crippen LogP contribution >= 0.6 is 0 Å². The van der Waals surface area contributed by atoms with Gasteiger partial charge in [-0.3, -0.25) is 4.79 Å². The second kappa shape index (κ2) is 7.31. The van der Waals surface area contributed by atoms with Crippen LogP contribution in [0.3, 0.4) is 0 Å². The third kappa shape index (κ3) is 5.03. The van der Waals surface area contributed by atoms with Crippen LogP contribution in [0.25, 0.3) is 0 Å². The van der Waals surface area contributed by atoms with Gasteiger partial charge in [-0.05, 0) is 38.1 Å². The highest BCUT2D eigenvalue weighted by Gasteiger charge is 2.05. The van der Waals surface area contributed by atoms with Crippen LogP contribution in [0.2, 0.25) is 0 Å². The van der Waals surface area contributed by atoms with Crippen molar-refractivity contribution in [3.8, 4) is 17.2 Å². The van der Waals surface area contributed by atoms with Gasteiger partial charge in [-0.2, -0.15) is 5.10 Å². The third-order valence-corrected chi connectivity index (χ3v) is 3.06. The molecule has 1 amide bonds. The van der Waals surface area contributed by atoms with Crippen LogP contribution in [-0.2, 0) is 4.79 Å². The molecular weight excluding hydrogens is 296 g/mol. The van der Waals surface area contributed by atoms with Crippen LogP contribution in [0, 0.1) is 6.92 Å². The van der Waals surface area contributed by atoms with E-state index in [2.05, 4.69) is 10.5 Å². The Morgan fingerprint density at radius 3 is 2.35 bits per heavy atom. The number of hydrogen-bond acceptors (Lipinski definition) is 5. The highest BCUT2D eigenvalue weighted by atomic mass is 16.5. The largest absolute Gasteiger partial charge is 0.508 e. The molecule has 3 N–H and O–H groups in total. The zero-order valence-corrected chi connectivity index (χ0v) is 12.9. The van der Waals surface area contributed by atoms with Gasteiger partial charge in [0.2, 0.25) is 0 Å². The second-order valence-corrected chi connectivity index (χ2v) is 5.07. The molecule has 6 nitrogen and oxygen atoms in total. The van der Waals surface area contributed by atoms with E-state index < -0.39 is 5.91 Å². The number of aryl methyl sites for hydroxylation is 1. The molecule has 0 bridgehead atoms. The van der Waals surface area contributed by atoms with Crippen LogP contribution < -0.4 is 10.2 Å². The van der Waals surface area contributed by atoms with Crippen LogP contribution in [-0.4, -0.2) is 28.4 Å². The molecule has 23 heavy (non-hydrogen) atoms. The Bertz CT molecular complexity index is 704. The van der Waals surface area contributed by atoms with Gasteiger partial charge in [-0.25, -0.2) is 5.43 Å². The first kappa shape index (κ1) is 16.4. The molecule has 0 aliphatic rings. The lowest BCUT2D eigenvalue weighted by Gasteiger charge is -2.06. The zero-order valence-electron chi connectivity index (χ0n) is 12.9. The predicted molar refractivity (Wildman–Crippen MR) is 86.8 cm³/mol. The number of ether oxygens (including phenoxy) is 1. The van der Waals surface area contributed by atoms with Crippen LogP contribution in [0.15, 0.2) is 47.6 Å². The molecule has 0 aliphatic heterocycles. The van der Waals surface area contributed by atoms with Gasteiger partial charge in [0.25, 0.3) is 5.91 Å². The number of aromatic hydroxyl groups is 2. The number of phenolic OH excluding ortho intramolecular Hbond substituents is 2. The van der Waals surface area contributed by atoms with Crippen molar-refractivity contribution in [2.75, 3.05) is 6.61 Å². The zero-order chi connectivity index (χ0) is 16.8. The summed E-state index contributed by atoms with van der Waals surface area (Å²) in [6.45, 7) is 3.45. The number of benzene rings is 2. The van der Waals surface area contributed by atoms with Crippen LogP contribution in [0.1, 0.15) is 18.1 Å². The molecule has 0 fully saturated rings. The first-order chi connectivity index (χ1) is 10.9. The van der Waals surface area contributed by atoms with Crippen LogP contribution in [0.4, 0.5) is 0 Å². The van der Waals surface area contributed by atoms with E-state index in [0.29, 0.717) is 17.0 Å². The molecule has 6 heteroatoms. The average Bonchev–Trinajstić information content (AvgIpc) is 2.51. The van der Waals surface area contributed by atoms with Gasteiger partial charge in [0.1, 0.15) is 17.2 Å². The molecule has 120 valence electrons. The second-order valence-electron chi connectivity index (χ2n) is 5.07. The minimum Gasteiger partial charge on any atom is -0.508 e. The third-order valence-electron chi connectivity index (χ3n) is 3.06. The summed E-state index contributed by atoms with van der Waals surface area (Å²) in [5.41, 5.74) is 4.42. The van der Waals surface area contributed by atoms with Crippen LogP contribution in [0.5, 0.6) is 17.2 Å². The van der Waals surface area contributed by atoms with Gasteiger partial charge in [-0.1, -0.05) is 17.7 Å². The van der Waals surface area contributed by atoms with E-state index in [4.69, 9.17) is 4.74 Å². The van der Waals surface area contributed by atoms with Gasteiger partial charge in [0, 0.05) is 11.6 Å². The Kier molecular flexibility index (Phi) is 5.19. The SMILES string of the molecule is C/C(=N\NC(=O)COc1ccc(C)cc1)c1cc(O)cc(O)c1. The van der Waals surface area contributed by atoms with Crippen molar-refractivity contribution in [3.05, 3.63) is 53.6 Å². The summed E-state index contributed by atoms with van der Waals surface area (Å²) in [5.74, 6) is 0.0332. The van der Waals surface area contributed by atoms with E-state index in [1.54, 1.807) is 19.1 Å². The fourth-order valence-corrected chi connectivity index (χ4v) is 1.83. The fourth-order valence-electron chi connectivity index (χ4n) is 1.83. The van der Waals surface area contributed by atoms with E-state index in [9.17, 15) is 15.0 Å². The van der Waals surface area contributed by atoms with Crippen molar-refractivity contribution in [2.24, 2.45) is 5.10 Å². The maximum atomic E-state index is 11.7. The molecule has 0 aliphatic carbocycles. The maximum absolute atomic E-state index is 11.7. The minimum atomic E-state index is -0.408. The van der Waals surface area contributed by atoms with E-state index >= 15 is 0 Å². The fraction of sp³-hybridized carbons (Fsp3) is 0.176. The number of nitrogens with one attached hydrogen (secondary N) is 1. The minimum absolute atomic E-state index is 0.0800. The van der Waals surface area contributed by atoms with Crippen molar-refractivity contribution in [3.63, 3.8) is 0 Å². The van der Waals surface area contributed by atoms with Crippen molar-refractivity contribution < 1.29 is 19.7 Å². The van der Waals surface area contributed by atoms with Gasteiger partial charge >= 0.3 is 0 Å². The molecule has 2 aromatic carbocycles. The molecule has 2 rings (SSSR count). The summed E-state index contributed by atoms with van der Waals surface area (Å²) >= 11 is 0. The summed E-state index contributed by atoms with van der Waals surface area (Å²) in [6, 6.07) is 11.4. The Hall–Kier alpha value is -3.02. The molecule has 0 spiro atoms. The lowest BCUT2D eigenvalue weighted by atomic mass is 10.1. The van der Waals surface area contributed by atoms with Crippen molar-refractivity contribution in [2.45, 2.75) is 13.8 Å². The summed E-state index contributed by atoms with van der Waals surface area (Å²) in [4.78, 5) is 11.7. The number of nitrogens with zero attached hydrogens (tertiary/aromatic N) is 1. The maximum Gasteiger partial charge on any atom is 0.277 e. The summed E-state index contributed by atoms with van der Waals surface area (Å²) in [7, 11) is 0. The molecule has 0 aromatic heterocycles. The summed E-state index contributed by atoms with van der Waals surface area (Å²) in [5, 5.41) is 22.8. The molecule has 0 saturated carbocycles. The number of carbonyl (C=O) groups is 1. The molecule has 0 saturated heterocycles. The molecule has 0 heterocycles. The summed E-state index contributed by atoms with van der Waals surface area (Å²) < 4.78 is 5.34. The van der Waals surface area contributed by atoms with Crippen molar-refractivity contribution in [1.29, 1.82) is 0 Å². The lowest BCUT2D eigenvalue weighted by Crippen LogP contribution is -2.25. The average molecular weight is 314 g/mol. The number of hydrogen-bond donors (Lipinski definition) is 3. The predicted octanol–water partition coefficient (Wildman–Crippen LogP) is 2.33. The monoisotopic (exact) mass is 314 g/mol. The Morgan fingerprint density at radius 1 is 1.13 bits per heavy atom. The molecule has 0 radical (unpaired) electrons. The Labute approximate surface area is 134 Å². The van der Waals surface area contributed by atoms with E-state index in [1.807, 2.05) is 19.1 Å². The smallest absolute Gasteiger partial charge is 0.277 e. The molecule has 0 unspecified atom stereocenters. The van der Waals surface area contributed by atoms with Crippen molar-refractivity contribution in [1.82, 2.24) is 5.43 Å². The Morgan fingerprint density at radius 2 is 1.74 bits per heavy atom. The number of phenols is 2. The van der Waals surface area contributed by atoms with E-state index in [-0.39, 0.29) is 18.1 Å². The van der Waals surface area contributed by atoms with E-state index in [1.165, 1.54) is 18.2 Å². The Balaban J connectivity index is 1.90.